The summed E-state index contributed by atoms with van der Waals surface area (Å²) in [5, 5.41) is 25.4. The van der Waals surface area contributed by atoms with Gasteiger partial charge in [0.05, 0.1) is 6.54 Å². The molecule has 0 aliphatic heterocycles. The average molecular weight is 572 g/mol. The Morgan fingerprint density at radius 2 is 1.46 bits per heavy atom. The molecule has 2 amide bonds. The zero-order valence-electron chi connectivity index (χ0n) is 21.0. The van der Waals surface area contributed by atoms with Gasteiger partial charge in [-0.15, -0.1) is 24.8 Å². The van der Waals surface area contributed by atoms with Gasteiger partial charge in [0.1, 0.15) is 17.4 Å². The van der Waals surface area contributed by atoms with Crippen molar-refractivity contribution >= 4 is 48.4 Å². The largest absolute Gasteiger partial charge is 0.480 e. The summed E-state index contributed by atoms with van der Waals surface area (Å²) < 4.78 is 0. The van der Waals surface area contributed by atoms with Crippen molar-refractivity contribution in [3.8, 4) is 0 Å². The number of hydrogen-bond acceptors (Lipinski definition) is 5. The van der Waals surface area contributed by atoms with Crippen molar-refractivity contribution in [3.63, 3.8) is 0 Å². The minimum absolute atomic E-state index is 0. The first-order valence-electron chi connectivity index (χ1n) is 11.9. The Morgan fingerprint density at radius 3 is 2.00 bits per heavy atom. The van der Waals surface area contributed by atoms with E-state index < -0.39 is 30.0 Å². The highest BCUT2D eigenvalue weighted by Gasteiger charge is 2.46. The van der Waals surface area contributed by atoms with Crippen molar-refractivity contribution in [2.45, 2.75) is 31.0 Å². The molecule has 0 aromatic heterocycles. The quantitative estimate of drug-likeness (QED) is 0.162. The number of carboxylic acid groups (broad SMARTS) is 1. The molecule has 3 aromatic rings. The summed E-state index contributed by atoms with van der Waals surface area (Å²) in [7, 11) is 0. The van der Waals surface area contributed by atoms with Gasteiger partial charge in [0, 0.05) is 24.9 Å². The average Bonchev–Trinajstić information content (AvgIpc) is 3.27. The molecule has 0 unspecified atom stereocenters. The van der Waals surface area contributed by atoms with Crippen LogP contribution in [-0.4, -0.2) is 40.8 Å². The topological polar surface area (TPSA) is 157 Å². The lowest BCUT2D eigenvalue weighted by molar-refractivity contribution is -0.137. The molecular formula is C28H31Cl2N5O4. The number of carboxylic acids is 1. The summed E-state index contributed by atoms with van der Waals surface area (Å²) in [4.78, 5) is 38.4. The molecule has 4 rings (SSSR count). The summed E-state index contributed by atoms with van der Waals surface area (Å²) in [5.74, 6) is -1.95. The van der Waals surface area contributed by atoms with Crippen LogP contribution in [0, 0.1) is 5.41 Å². The molecular weight excluding hydrogens is 541 g/mol. The number of aliphatic carboxylic acids is 1. The smallest absolute Gasteiger partial charge is 0.317 e. The van der Waals surface area contributed by atoms with Gasteiger partial charge in [-0.2, -0.15) is 0 Å². The number of nitrogens with two attached hydrogens (primary N) is 1. The molecule has 0 bridgehead atoms. The first kappa shape index (κ1) is 31.3. The summed E-state index contributed by atoms with van der Waals surface area (Å²) in [5.41, 5.74) is 8.22. The summed E-state index contributed by atoms with van der Waals surface area (Å²) in [6, 6.07) is 22.5. The third-order valence-corrected chi connectivity index (χ3v) is 6.47. The number of benzene rings is 3. The van der Waals surface area contributed by atoms with Gasteiger partial charge in [-0.3, -0.25) is 25.1 Å². The van der Waals surface area contributed by atoms with Crippen molar-refractivity contribution < 1.29 is 19.5 Å². The first-order valence-corrected chi connectivity index (χ1v) is 11.9. The Balaban J connectivity index is 0.00000267. The molecule has 3 aromatic carbocycles. The molecule has 39 heavy (non-hydrogen) atoms. The third kappa shape index (κ3) is 7.57. The van der Waals surface area contributed by atoms with Crippen LogP contribution >= 0.6 is 24.8 Å². The van der Waals surface area contributed by atoms with E-state index in [-0.39, 0.29) is 43.1 Å². The van der Waals surface area contributed by atoms with Crippen LogP contribution in [0.25, 0.3) is 0 Å². The van der Waals surface area contributed by atoms with Crippen LogP contribution in [0.1, 0.15) is 33.9 Å². The highest BCUT2D eigenvalue weighted by Crippen LogP contribution is 2.31. The van der Waals surface area contributed by atoms with Gasteiger partial charge in [-0.25, -0.2) is 0 Å². The Hall–Kier alpha value is -3.92. The van der Waals surface area contributed by atoms with E-state index in [0.29, 0.717) is 24.0 Å². The zero-order valence-corrected chi connectivity index (χ0v) is 22.6. The second-order valence-electron chi connectivity index (χ2n) is 9.11. The predicted octanol–water partition coefficient (Wildman–Crippen LogP) is 2.50. The van der Waals surface area contributed by atoms with Gasteiger partial charge in [0.15, 0.2) is 0 Å². The summed E-state index contributed by atoms with van der Waals surface area (Å²) in [6.45, 7) is -0.187. The molecule has 206 valence electrons. The molecule has 0 radical (unpaired) electrons. The van der Waals surface area contributed by atoms with Crippen LogP contribution in [0.2, 0.25) is 0 Å². The number of hydrogen-bond donors (Lipinski definition) is 6. The van der Waals surface area contributed by atoms with Gasteiger partial charge in [-0.05, 0) is 22.3 Å². The van der Waals surface area contributed by atoms with Crippen LogP contribution in [-0.2, 0) is 33.8 Å². The van der Waals surface area contributed by atoms with Gasteiger partial charge in [-0.1, -0.05) is 78.9 Å². The molecule has 0 heterocycles. The van der Waals surface area contributed by atoms with E-state index in [4.69, 9.17) is 11.1 Å². The van der Waals surface area contributed by atoms with Gasteiger partial charge in [0.25, 0.3) is 0 Å². The summed E-state index contributed by atoms with van der Waals surface area (Å²) >= 11 is 0. The fraction of sp³-hybridized carbons (Fsp3) is 0.214. The molecule has 1 atom stereocenters. The number of halogens is 2. The molecule has 0 saturated carbocycles. The molecule has 11 heteroatoms. The maximum absolute atomic E-state index is 13.7. The number of amides is 2. The Kier molecular flexibility index (Phi) is 11.0. The maximum Gasteiger partial charge on any atom is 0.317 e. The Labute approximate surface area is 238 Å². The number of amidine groups is 1. The maximum atomic E-state index is 13.7. The highest BCUT2D eigenvalue weighted by molar-refractivity contribution is 5.96. The van der Waals surface area contributed by atoms with Crippen molar-refractivity contribution in [1.82, 2.24) is 16.0 Å². The lowest BCUT2D eigenvalue weighted by Crippen LogP contribution is -2.61. The molecule has 9 nitrogen and oxygen atoms in total. The number of nitrogen functional groups attached to an aromatic ring is 1. The monoisotopic (exact) mass is 571 g/mol. The van der Waals surface area contributed by atoms with Crippen LogP contribution in [0.3, 0.4) is 0 Å². The number of carbonyl (C=O) groups is 3. The number of fused-ring (bicyclic) bond motifs is 1. The van der Waals surface area contributed by atoms with E-state index in [0.717, 1.165) is 16.7 Å². The molecule has 1 aliphatic rings. The molecule has 0 saturated heterocycles. The molecule has 1 aliphatic carbocycles. The van der Waals surface area contributed by atoms with Gasteiger partial charge >= 0.3 is 5.97 Å². The second-order valence-corrected chi connectivity index (χ2v) is 9.11. The minimum atomic E-state index is -1.24. The van der Waals surface area contributed by atoms with E-state index in [1.807, 2.05) is 24.3 Å². The lowest BCUT2D eigenvalue weighted by atomic mass is 9.92. The number of nitrogens with one attached hydrogen (secondary N) is 4. The van der Waals surface area contributed by atoms with Crippen molar-refractivity contribution in [2.75, 3.05) is 6.54 Å². The van der Waals surface area contributed by atoms with E-state index in [2.05, 4.69) is 16.0 Å². The molecule has 0 spiro atoms. The first-order chi connectivity index (χ1) is 17.8. The number of carbonyl (C=O) groups excluding carboxylic acids is 2. The van der Waals surface area contributed by atoms with Crippen molar-refractivity contribution in [1.29, 1.82) is 5.41 Å². The van der Waals surface area contributed by atoms with Crippen LogP contribution in [0.15, 0.2) is 78.9 Å². The van der Waals surface area contributed by atoms with Gasteiger partial charge < -0.3 is 21.5 Å². The van der Waals surface area contributed by atoms with Crippen LogP contribution < -0.4 is 21.7 Å². The third-order valence-electron chi connectivity index (χ3n) is 6.47. The SMILES string of the molecule is Cl.Cl.N=C(N)c1ccc(CNC(=O)C2(NC(=O)[C@H](NCC(=O)O)c3ccccc3)Cc3ccccc3C2)cc1. The highest BCUT2D eigenvalue weighted by atomic mass is 35.5. The second kappa shape index (κ2) is 13.7. The molecule has 7 N–H and O–H groups in total. The van der Waals surface area contributed by atoms with E-state index >= 15 is 0 Å². The van der Waals surface area contributed by atoms with E-state index in [1.54, 1.807) is 54.6 Å². The zero-order chi connectivity index (χ0) is 26.4. The summed E-state index contributed by atoms with van der Waals surface area (Å²) in [6.07, 6.45) is 0.620. The van der Waals surface area contributed by atoms with Crippen LogP contribution in [0.4, 0.5) is 0 Å². The van der Waals surface area contributed by atoms with Gasteiger partial charge in [0.2, 0.25) is 11.8 Å². The van der Waals surface area contributed by atoms with E-state index in [1.165, 1.54) is 0 Å². The minimum Gasteiger partial charge on any atom is -0.480 e. The Morgan fingerprint density at radius 1 is 0.897 bits per heavy atom. The fourth-order valence-electron chi connectivity index (χ4n) is 4.58. The van der Waals surface area contributed by atoms with E-state index in [9.17, 15) is 19.5 Å². The normalized spacial score (nSPS) is 13.5. The fourth-order valence-corrected chi connectivity index (χ4v) is 4.58. The standard InChI is InChI=1S/C28H29N5O4.2ClH/c29-25(30)20-12-10-18(11-13-20)16-32-27(37)28(14-21-8-4-5-9-22(21)15-28)33-26(36)24(31-17-23(34)35)19-6-2-1-3-7-19;;/h1-13,24,31H,14-17H2,(H3,29,30)(H,32,37)(H,33,36)(H,34,35);2*1H/t24-;;/m1../s1. The molecule has 0 fully saturated rings. The van der Waals surface area contributed by atoms with Crippen LogP contribution in [0.5, 0.6) is 0 Å². The number of rotatable bonds is 10. The van der Waals surface area contributed by atoms with Crippen molar-refractivity contribution in [2.24, 2.45) is 5.73 Å². The Bertz CT molecular complexity index is 1290. The lowest BCUT2D eigenvalue weighted by Gasteiger charge is -2.31. The predicted molar refractivity (Wildman–Crippen MR) is 153 cm³/mol. The van der Waals surface area contributed by atoms with Crippen molar-refractivity contribution in [3.05, 3.63) is 107 Å².